The van der Waals surface area contributed by atoms with Crippen molar-refractivity contribution in [3.05, 3.63) is 72.4 Å². The van der Waals surface area contributed by atoms with Gasteiger partial charge in [-0.25, -0.2) is 4.98 Å². The molecule has 0 amide bonds. The molecule has 212 valence electrons. The predicted octanol–water partition coefficient (Wildman–Crippen LogP) is 3.61. The summed E-state index contributed by atoms with van der Waals surface area (Å²) in [6.07, 6.45) is -3.26. The van der Waals surface area contributed by atoms with Crippen LogP contribution in [-0.2, 0) is 19.1 Å². The molecule has 13 heteroatoms. The third kappa shape index (κ3) is 5.59. The van der Waals surface area contributed by atoms with Crippen molar-refractivity contribution in [2.75, 3.05) is 13.2 Å². The molecular weight excluding hydrogens is 527 g/mol. The van der Waals surface area contributed by atoms with Crippen molar-refractivity contribution in [2.24, 2.45) is 11.5 Å². The molecule has 4 aromatic rings. The van der Waals surface area contributed by atoms with Crippen molar-refractivity contribution in [1.29, 1.82) is 0 Å². The molecule has 0 saturated carbocycles. The first-order valence-corrected chi connectivity index (χ1v) is 12.9. The number of aliphatic hydroxyl groups is 1. The minimum absolute atomic E-state index is 0.0252. The molecule has 2 atom stereocenters. The normalized spacial score (nSPS) is 18.2. The van der Waals surface area contributed by atoms with Crippen LogP contribution in [0.15, 0.2) is 59.6 Å². The first-order valence-electron chi connectivity index (χ1n) is 12.9. The highest BCUT2D eigenvalue weighted by atomic mass is 19.4. The third-order valence-corrected chi connectivity index (χ3v) is 6.87. The Morgan fingerprint density at radius 1 is 1.20 bits per heavy atom. The maximum absolute atomic E-state index is 14.0. The fraction of sp³-hybridized carbons (Fsp3) is 0.370. The Hall–Kier alpha value is -3.78. The summed E-state index contributed by atoms with van der Waals surface area (Å²) in [5.41, 5.74) is 12.5. The number of fused-ring (bicyclic) bond motifs is 1. The molecule has 0 radical (unpaired) electrons. The van der Waals surface area contributed by atoms with Crippen LogP contribution in [-0.4, -0.2) is 55.2 Å². The number of ether oxygens (including phenoxy) is 1. The molecular formula is C27H30F3N7O3. The van der Waals surface area contributed by atoms with Crippen LogP contribution in [0.2, 0.25) is 0 Å². The van der Waals surface area contributed by atoms with Crippen LogP contribution in [0, 0.1) is 0 Å². The number of nitrogens with two attached hydrogens (primary N) is 2. The van der Waals surface area contributed by atoms with Crippen molar-refractivity contribution >= 4 is 11.0 Å². The maximum atomic E-state index is 14.0. The molecule has 1 aliphatic rings. The summed E-state index contributed by atoms with van der Waals surface area (Å²) < 4.78 is 54.8. The van der Waals surface area contributed by atoms with Crippen LogP contribution in [0.4, 0.5) is 13.2 Å². The Labute approximate surface area is 228 Å². The number of halogens is 3. The molecule has 5 N–H and O–H groups in total. The zero-order valence-electron chi connectivity index (χ0n) is 21.6. The lowest BCUT2D eigenvalue weighted by atomic mass is 10.1. The Kier molecular flexibility index (Phi) is 7.90. The van der Waals surface area contributed by atoms with Gasteiger partial charge in [0.25, 0.3) is 0 Å². The zero-order valence-corrected chi connectivity index (χ0v) is 21.6. The van der Waals surface area contributed by atoms with Gasteiger partial charge in [0.05, 0.1) is 29.3 Å². The maximum Gasteiger partial charge on any atom is 0.419 e. The average molecular weight is 558 g/mol. The lowest BCUT2D eigenvalue weighted by Crippen LogP contribution is -2.49. The number of benzene rings is 2. The van der Waals surface area contributed by atoms with E-state index in [2.05, 4.69) is 21.7 Å². The number of hydrogen-bond acceptors (Lipinski definition) is 9. The van der Waals surface area contributed by atoms with E-state index in [-0.39, 0.29) is 29.6 Å². The summed E-state index contributed by atoms with van der Waals surface area (Å²) in [7, 11) is 0. The van der Waals surface area contributed by atoms with Gasteiger partial charge in [-0.15, -0.1) is 6.58 Å². The van der Waals surface area contributed by atoms with E-state index in [1.807, 2.05) is 28.8 Å². The summed E-state index contributed by atoms with van der Waals surface area (Å²) in [5.74, 6) is 0.478. The number of para-hydroxylation sites is 2. The molecule has 10 nitrogen and oxygen atoms in total. The average Bonchev–Trinajstić information content (AvgIpc) is 3.64. The van der Waals surface area contributed by atoms with E-state index in [1.54, 1.807) is 11.0 Å². The Balaban J connectivity index is 1.30. The fourth-order valence-electron chi connectivity index (χ4n) is 4.99. The topological polar surface area (TPSA) is 141 Å². The molecule has 3 heterocycles. The van der Waals surface area contributed by atoms with Crippen LogP contribution in [0.5, 0.6) is 5.75 Å². The Bertz CT molecular complexity index is 1480. The van der Waals surface area contributed by atoms with E-state index >= 15 is 0 Å². The summed E-state index contributed by atoms with van der Waals surface area (Å²) in [5, 5.41) is 14.2. The van der Waals surface area contributed by atoms with Gasteiger partial charge in [0, 0.05) is 25.1 Å². The van der Waals surface area contributed by atoms with Crippen LogP contribution < -0.4 is 16.2 Å². The van der Waals surface area contributed by atoms with Crippen molar-refractivity contribution in [2.45, 2.75) is 50.4 Å². The van der Waals surface area contributed by atoms with Gasteiger partial charge in [-0.3, -0.25) is 4.90 Å². The van der Waals surface area contributed by atoms with Gasteiger partial charge in [-0.05, 0) is 43.2 Å². The van der Waals surface area contributed by atoms with E-state index in [4.69, 9.17) is 20.7 Å². The smallest absolute Gasteiger partial charge is 0.419 e. The molecule has 0 unspecified atom stereocenters. The third-order valence-electron chi connectivity index (χ3n) is 6.87. The Morgan fingerprint density at radius 3 is 2.75 bits per heavy atom. The molecule has 2 aromatic carbocycles. The molecule has 5 rings (SSSR count). The SMILES string of the molecule is C=CCn1c(CCCOc2ccc(-c3noc([C@@H]4[C@@H](O)CCN4C(N)N)n3)cc2C(F)(F)F)nc2ccccc21. The lowest BCUT2D eigenvalue weighted by molar-refractivity contribution is -0.138. The molecule has 1 aliphatic heterocycles. The first-order chi connectivity index (χ1) is 19.2. The second-order valence-corrected chi connectivity index (χ2v) is 9.56. The van der Waals surface area contributed by atoms with Crippen LogP contribution in [0.25, 0.3) is 22.4 Å². The Morgan fingerprint density at radius 2 is 2.00 bits per heavy atom. The summed E-state index contributed by atoms with van der Waals surface area (Å²) in [6.45, 7) is 4.84. The summed E-state index contributed by atoms with van der Waals surface area (Å²) >= 11 is 0. The van der Waals surface area contributed by atoms with Gasteiger partial charge in [0.2, 0.25) is 11.7 Å². The lowest BCUT2D eigenvalue weighted by Gasteiger charge is -2.25. The second kappa shape index (κ2) is 11.4. The number of aliphatic hydroxyl groups excluding tert-OH is 1. The standard InChI is InChI=1S/C27H30F3N7O3/c1-2-12-36-19-7-4-3-6-18(19)33-22(36)8-5-14-39-21-10-9-16(15-17(21)27(28,29)30)24-34-25(40-35-24)23-20(38)11-13-37(23)26(31)32/h2-4,6-7,9-10,15,20,23,26,38H,1,5,8,11-14,31-32H2/t20-,23-/m0/s1. The monoisotopic (exact) mass is 557 g/mol. The summed E-state index contributed by atoms with van der Waals surface area (Å²) in [4.78, 5) is 10.5. The number of aryl methyl sites for hydroxylation is 1. The van der Waals surface area contributed by atoms with Crippen LogP contribution >= 0.6 is 0 Å². The van der Waals surface area contributed by atoms with E-state index in [1.165, 1.54) is 12.1 Å². The van der Waals surface area contributed by atoms with Crippen molar-refractivity contribution in [3.63, 3.8) is 0 Å². The highest BCUT2D eigenvalue weighted by Crippen LogP contribution is 2.39. The quantitative estimate of drug-likeness (QED) is 0.151. The van der Waals surface area contributed by atoms with Crippen LogP contribution in [0.1, 0.15) is 36.2 Å². The van der Waals surface area contributed by atoms with E-state index in [0.29, 0.717) is 32.4 Å². The predicted molar refractivity (Wildman–Crippen MR) is 141 cm³/mol. The number of alkyl halides is 3. The zero-order chi connectivity index (χ0) is 28.4. The summed E-state index contributed by atoms with van der Waals surface area (Å²) in [6, 6.07) is 10.6. The highest BCUT2D eigenvalue weighted by Gasteiger charge is 2.40. The molecule has 2 aromatic heterocycles. The number of aromatic nitrogens is 4. The van der Waals surface area contributed by atoms with Gasteiger partial charge in [0.1, 0.15) is 23.9 Å². The van der Waals surface area contributed by atoms with Crippen molar-refractivity contribution < 1.29 is 27.5 Å². The molecule has 0 bridgehead atoms. The number of rotatable bonds is 10. The van der Waals surface area contributed by atoms with E-state index in [9.17, 15) is 18.3 Å². The van der Waals surface area contributed by atoms with Gasteiger partial charge in [-0.1, -0.05) is 23.4 Å². The van der Waals surface area contributed by atoms with Gasteiger partial charge in [0.15, 0.2) is 0 Å². The molecule has 40 heavy (non-hydrogen) atoms. The fourth-order valence-corrected chi connectivity index (χ4v) is 4.99. The van der Waals surface area contributed by atoms with E-state index in [0.717, 1.165) is 22.9 Å². The number of nitrogens with zero attached hydrogens (tertiary/aromatic N) is 5. The van der Waals surface area contributed by atoms with Gasteiger partial charge in [-0.2, -0.15) is 18.2 Å². The second-order valence-electron chi connectivity index (χ2n) is 9.56. The number of likely N-dealkylation sites (tertiary alicyclic amines) is 1. The van der Waals surface area contributed by atoms with E-state index < -0.39 is 30.2 Å². The van der Waals surface area contributed by atoms with Crippen molar-refractivity contribution in [3.8, 4) is 17.1 Å². The first kappa shape index (κ1) is 27.8. The number of allylic oxidation sites excluding steroid dienone is 1. The molecule has 1 fully saturated rings. The number of hydrogen-bond donors (Lipinski definition) is 3. The van der Waals surface area contributed by atoms with Crippen molar-refractivity contribution in [1.82, 2.24) is 24.6 Å². The van der Waals surface area contributed by atoms with Gasteiger partial charge >= 0.3 is 6.18 Å². The molecule has 0 aliphatic carbocycles. The number of imidazole rings is 1. The highest BCUT2D eigenvalue weighted by molar-refractivity contribution is 5.76. The largest absolute Gasteiger partial charge is 0.493 e. The van der Waals surface area contributed by atoms with Crippen LogP contribution in [0.3, 0.4) is 0 Å². The minimum atomic E-state index is -4.68. The molecule has 0 spiro atoms. The molecule has 1 saturated heterocycles. The minimum Gasteiger partial charge on any atom is -0.493 e. The van der Waals surface area contributed by atoms with Gasteiger partial charge < -0.3 is 30.4 Å².